The van der Waals surface area contributed by atoms with Crippen LogP contribution in [-0.4, -0.2) is 59.4 Å². The summed E-state index contributed by atoms with van der Waals surface area (Å²) < 4.78 is 10.4. The molecule has 0 spiro atoms. The van der Waals surface area contributed by atoms with Crippen molar-refractivity contribution in [3.63, 3.8) is 0 Å². The van der Waals surface area contributed by atoms with E-state index in [1.165, 1.54) is 25.7 Å². The number of ether oxygens (including phenoxy) is 2. The summed E-state index contributed by atoms with van der Waals surface area (Å²) in [5, 5.41) is 9.62. The van der Waals surface area contributed by atoms with Crippen LogP contribution in [0.25, 0.3) is 0 Å². The molecule has 1 fully saturated rings. The Morgan fingerprint density at radius 1 is 1.07 bits per heavy atom. The Bertz CT molecular complexity index is 631. The minimum atomic E-state index is -0.100. The van der Waals surface area contributed by atoms with Crippen molar-refractivity contribution in [1.29, 1.82) is 0 Å². The van der Waals surface area contributed by atoms with Crippen LogP contribution in [0, 0.1) is 5.41 Å². The van der Waals surface area contributed by atoms with Crippen molar-refractivity contribution in [2.75, 3.05) is 47.5 Å². The van der Waals surface area contributed by atoms with Crippen molar-refractivity contribution in [2.45, 2.75) is 32.1 Å². The minimum Gasteiger partial charge on any atom is -0.497 e. The number of methoxy groups -OCH3 is 2. The number of nitrogens with zero attached hydrogens (tertiary/aromatic N) is 1. The molecular formula is C21H35IN4O3. The van der Waals surface area contributed by atoms with Gasteiger partial charge in [-0.25, -0.2) is 0 Å². The molecule has 1 saturated carbocycles. The van der Waals surface area contributed by atoms with Crippen molar-refractivity contribution >= 4 is 35.8 Å². The fourth-order valence-electron chi connectivity index (χ4n) is 3.65. The maximum Gasteiger partial charge on any atom is 0.251 e. The summed E-state index contributed by atoms with van der Waals surface area (Å²) in [7, 11) is 5.13. The van der Waals surface area contributed by atoms with Crippen LogP contribution in [0.5, 0.6) is 5.75 Å². The lowest BCUT2D eigenvalue weighted by molar-refractivity contribution is 0.0954. The van der Waals surface area contributed by atoms with Gasteiger partial charge in [0.05, 0.1) is 7.11 Å². The van der Waals surface area contributed by atoms with Crippen molar-refractivity contribution in [3.05, 3.63) is 29.8 Å². The molecular weight excluding hydrogens is 483 g/mol. The maximum atomic E-state index is 12.2. The summed E-state index contributed by atoms with van der Waals surface area (Å²) in [6.07, 6.45) is 6.12. The molecule has 0 aliphatic heterocycles. The van der Waals surface area contributed by atoms with E-state index >= 15 is 0 Å². The third kappa shape index (κ3) is 8.38. The van der Waals surface area contributed by atoms with Crippen LogP contribution in [0.3, 0.4) is 0 Å². The van der Waals surface area contributed by atoms with Crippen LogP contribution in [0.15, 0.2) is 29.3 Å². The van der Waals surface area contributed by atoms with Gasteiger partial charge in [-0.15, -0.1) is 24.0 Å². The highest BCUT2D eigenvalue weighted by Gasteiger charge is 2.33. The molecule has 0 unspecified atom stereocenters. The monoisotopic (exact) mass is 518 g/mol. The van der Waals surface area contributed by atoms with Gasteiger partial charge in [-0.1, -0.05) is 12.8 Å². The predicted octanol–water partition coefficient (Wildman–Crippen LogP) is 2.80. The Kier molecular flexibility index (Phi) is 12.0. The second-order valence-corrected chi connectivity index (χ2v) is 7.29. The first-order valence-corrected chi connectivity index (χ1v) is 9.98. The number of rotatable bonds is 10. The predicted molar refractivity (Wildman–Crippen MR) is 128 cm³/mol. The Morgan fingerprint density at radius 3 is 2.31 bits per heavy atom. The second-order valence-electron chi connectivity index (χ2n) is 7.29. The van der Waals surface area contributed by atoms with Crippen molar-refractivity contribution < 1.29 is 14.3 Å². The Hall–Kier alpha value is -1.55. The van der Waals surface area contributed by atoms with Gasteiger partial charge >= 0.3 is 0 Å². The van der Waals surface area contributed by atoms with Crippen LogP contribution in [0.4, 0.5) is 0 Å². The Morgan fingerprint density at radius 2 is 1.72 bits per heavy atom. The zero-order chi connectivity index (χ0) is 20.2. The molecule has 7 nitrogen and oxygen atoms in total. The first kappa shape index (κ1) is 25.5. The molecule has 0 aromatic heterocycles. The lowest BCUT2D eigenvalue weighted by atomic mass is 9.83. The molecule has 1 aromatic carbocycles. The van der Waals surface area contributed by atoms with Crippen LogP contribution < -0.4 is 20.7 Å². The first-order chi connectivity index (χ1) is 13.6. The smallest absolute Gasteiger partial charge is 0.251 e. The third-order valence-corrected chi connectivity index (χ3v) is 5.41. The molecule has 3 N–H and O–H groups in total. The number of carbonyl (C=O) groups excluding carboxylic acids is 1. The average molecular weight is 518 g/mol. The Balaban J connectivity index is 0.00000420. The number of aliphatic imine (C=N–C) groups is 1. The standard InChI is InChI=1S/C21H34N4O3.HI/c1-22-20(25-16-21(12-15-27-2)10-4-5-11-21)24-14-13-23-19(26)17-6-8-18(28-3)9-7-17;/h6-9H,4-5,10-16H2,1-3H3,(H,23,26)(H2,22,24,25);1H. The number of carbonyl (C=O) groups is 1. The minimum absolute atomic E-state index is 0. The van der Waals surface area contributed by atoms with Gasteiger partial charge in [0.15, 0.2) is 5.96 Å². The quantitative estimate of drug-likeness (QED) is 0.192. The largest absolute Gasteiger partial charge is 0.497 e. The van der Waals surface area contributed by atoms with Crippen LogP contribution in [0.1, 0.15) is 42.5 Å². The molecule has 2 rings (SSSR count). The van der Waals surface area contributed by atoms with Gasteiger partial charge in [-0.3, -0.25) is 9.79 Å². The molecule has 1 aromatic rings. The molecule has 0 atom stereocenters. The van der Waals surface area contributed by atoms with Crippen molar-refractivity contribution in [3.8, 4) is 5.75 Å². The maximum absolute atomic E-state index is 12.2. The first-order valence-electron chi connectivity index (χ1n) is 9.98. The van der Waals surface area contributed by atoms with E-state index in [1.54, 1.807) is 45.5 Å². The fourth-order valence-corrected chi connectivity index (χ4v) is 3.65. The SMILES string of the molecule is CN=C(NCCNC(=O)c1ccc(OC)cc1)NCC1(CCOC)CCCC1.I. The topological polar surface area (TPSA) is 84.0 Å². The molecule has 1 aliphatic rings. The van der Waals surface area contributed by atoms with Gasteiger partial charge in [0.2, 0.25) is 0 Å². The molecule has 0 heterocycles. The van der Waals surface area contributed by atoms with E-state index in [0.29, 0.717) is 24.1 Å². The molecule has 1 amide bonds. The van der Waals surface area contributed by atoms with Gasteiger partial charge in [-0.05, 0) is 48.9 Å². The van der Waals surface area contributed by atoms with Crippen LogP contribution in [-0.2, 0) is 4.74 Å². The van der Waals surface area contributed by atoms with Crippen LogP contribution >= 0.6 is 24.0 Å². The van der Waals surface area contributed by atoms with E-state index in [4.69, 9.17) is 9.47 Å². The second kappa shape index (κ2) is 13.6. The van der Waals surface area contributed by atoms with Gasteiger partial charge < -0.3 is 25.4 Å². The van der Waals surface area contributed by atoms with E-state index < -0.39 is 0 Å². The lowest BCUT2D eigenvalue weighted by Crippen LogP contribution is -2.45. The third-order valence-electron chi connectivity index (χ3n) is 5.41. The number of nitrogens with one attached hydrogen (secondary N) is 3. The molecule has 1 aliphatic carbocycles. The molecule has 8 heteroatoms. The molecule has 0 bridgehead atoms. The van der Waals surface area contributed by atoms with E-state index in [1.807, 2.05) is 0 Å². The van der Waals surface area contributed by atoms with E-state index in [9.17, 15) is 4.79 Å². The summed E-state index contributed by atoms with van der Waals surface area (Å²) in [6, 6.07) is 7.06. The van der Waals surface area contributed by atoms with Gasteiger partial charge in [0, 0.05) is 46.0 Å². The fraction of sp³-hybridized carbons (Fsp3) is 0.619. The van der Waals surface area contributed by atoms with Gasteiger partial charge in [0.1, 0.15) is 5.75 Å². The molecule has 0 saturated heterocycles. The number of benzene rings is 1. The summed E-state index contributed by atoms with van der Waals surface area (Å²) in [4.78, 5) is 16.5. The van der Waals surface area contributed by atoms with Gasteiger partial charge in [-0.2, -0.15) is 0 Å². The highest BCUT2D eigenvalue weighted by molar-refractivity contribution is 14.0. The highest BCUT2D eigenvalue weighted by atomic mass is 127. The van der Waals surface area contributed by atoms with Crippen LogP contribution in [0.2, 0.25) is 0 Å². The summed E-state index contributed by atoms with van der Waals surface area (Å²) >= 11 is 0. The van der Waals surface area contributed by atoms with E-state index in [-0.39, 0.29) is 29.9 Å². The molecule has 0 radical (unpaired) electrons. The van der Waals surface area contributed by atoms with E-state index in [0.717, 1.165) is 31.3 Å². The van der Waals surface area contributed by atoms with Crippen molar-refractivity contribution in [1.82, 2.24) is 16.0 Å². The Labute approximate surface area is 191 Å². The number of halogens is 1. The zero-order valence-corrected chi connectivity index (χ0v) is 20.1. The molecule has 29 heavy (non-hydrogen) atoms. The number of guanidine groups is 1. The normalized spacial score (nSPS) is 15.3. The highest BCUT2D eigenvalue weighted by Crippen LogP contribution is 2.40. The zero-order valence-electron chi connectivity index (χ0n) is 17.8. The summed E-state index contributed by atoms with van der Waals surface area (Å²) in [6.45, 7) is 2.81. The molecule has 164 valence electrons. The van der Waals surface area contributed by atoms with E-state index in [2.05, 4.69) is 20.9 Å². The summed E-state index contributed by atoms with van der Waals surface area (Å²) in [5.74, 6) is 1.40. The van der Waals surface area contributed by atoms with Gasteiger partial charge in [0.25, 0.3) is 5.91 Å². The average Bonchev–Trinajstić information content (AvgIpc) is 3.20. The summed E-state index contributed by atoms with van der Waals surface area (Å²) in [5.41, 5.74) is 0.917. The number of amides is 1. The number of hydrogen-bond acceptors (Lipinski definition) is 4. The number of hydrogen-bond donors (Lipinski definition) is 3. The lowest BCUT2D eigenvalue weighted by Gasteiger charge is -2.30. The van der Waals surface area contributed by atoms with Crippen molar-refractivity contribution in [2.24, 2.45) is 10.4 Å².